The molecule has 1 atom stereocenters. The van der Waals surface area contributed by atoms with E-state index in [9.17, 15) is 13.2 Å². The zero-order valence-corrected chi connectivity index (χ0v) is 11.1. The van der Waals surface area contributed by atoms with Crippen molar-refractivity contribution in [2.24, 2.45) is 5.73 Å². The van der Waals surface area contributed by atoms with E-state index in [-0.39, 0.29) is 18.1 Å². The van der Waals surface area contributed by atoms with Gasteiger partial charge >= 0.3 is 6.61 Å². The van der Waals surface area contributed by atoms with Crippen LogP contribution in [0.3, 0.4) is 0 Å². The maximum Gasteiger partial charge on any atom is 0.387 e. The Kier molecular flexibility index (Phi) is 5.05. The lowest BCUT2D eigenvalue weighted by atomic mass is 10.1. The quantitative estimate of drug-likeness (QED) is 0.857. The molecule has 1 unspecified atom stereocenters. The lowest BCUT2D eigenvalue weighted by Crippen LogP contribution is -2.21. The van der Waals surface area contributed by atoms with Crippen LogP contribution in [0.2, 0.25) is 0 Å². The minimum atomic E-state index is -2.91. The first-order chi connectivity index (χ1) is 10.1. The topological polar surface area (TPSA) is 47.3 Å². The number of ether oxygens (including phenoxy) is 1. The van der Waals surface area contributed by atoms with Crippen LogP contribution < -0.4 is 15.8 Å². The second-order valence-electron chi connectivity index (χ2n) is 4.36. The summed E-state index contributed by atoms with van der Waals surface area (Å²) in [6, 6.07) is 11.7. The van der Waals surface area contributed by atoms with E-state index in [1.165, 1.54) is 18.2 Å². The van der Waals surface area contributed by atoms with Gasteiger partial charge < -0.3 is 15.8 Å². The van der Waals surface area contributed by atoms with Crippen LogP contribution in [0.5, 0.6) is 5.75 Å². The molecule has 0 bridgehead atoms. The zero-order chi connectivity index (χ0) is 15.2. The molecule has 112 valence electrons. The van der Waals surface area contributed by atoms with Crippen molar-refractivity contribution in [1.29, 1.82) is 0 Å². The summed E-state index contributed by atoms with van der Waals surface area (Å²) in [6.07, 6.45) is 0. The van der Waals surface area contributed by atoms with Crippen molar-refractivity contribution in [2.45, 2.75) is 12.7 Å². The van der Waals surface area contributed by atoms with E-state index in [1.54, 1.807) is 30.3 Å². The first-order valence-corrected chi connectivity index (χ1v) is 6.36. The molecule has 3 N–H and O–H groups in total. The molecule has 0 spiro atoms. The van der Waals surface area contributed by atoms with Gasteiger partial charge in [0.15, 0.2) is 0 Å². The number of rotatable bonds is 6. The van der Waals surface area contributed by atoms with Crippen molar-refractivity contribution < 1.29 is 17.9 Å². The van der Waals surface area contributed by atoms with Crippen LogP contribution >= 0.6 is 0 Å². The summed E-state index contributed by atoms with van der Waals surface area (Å²) in [5.41, 5.74) is 6.86. The Balaban J connectivity index is 2.22. The lowest BCUT2D eigenvalue weighted by molar-refractivity contribution is -0.0505. The van der Waals surface area contributed by atoms with Gasteiger partial charge in [-0.2, -0.15) is 8.78 Å². The molecule has 0 aromatic heterocycles. The van der Waals surface area contributed by atoms with Gasteiger partial charge in [0.05, 0.1) is 6.04 Å². The van der Waals surface area contributed by atoms with Gasteiger partial charge in [-0.15, -0.1) is 0 Å². The Bertz CT molecular complexity index is 575. The fraction of sp³-hybridized carbons (Fsp3) is 0.200. The summed E-state index contributed by atoms with van der Waals surface area (Å²) in [4.78, 5) is 0. The van der Waals surface area contributed by atoms with Gasteiger partial charge in [0.2, 0.25) is 0 Å². The summed E-state index contributed by atoms with van der Waals surface area (Å²) < 4.78 is 42.2. The third kappa shape index (κ3) is 4.13. The van der Waals surface area contributed by atoms with E-state index in [0.29, 0.717) is 11.3 Å². The molecule has 0 aliphatic heterocycles. The number of nitrogens with one attached hydrogen (secondary N) is 1. The van der Waals surface area contributed by atoms with Crippen LogP contribution in [0.15, 0.2) is 48.5 Å². The van der Waals surface area contributed by atoms with Crippen LogP contribution in [0.4, 0.5) is 18.9 Å². The Morgan fingerprint density at radius 3 is 2.33 bits per heavy atom. The molecule has 0 saturated carbocycles. The summed E-state index contributed by atoms with van der Waals surface area (Å²) in [7, 11) is 0. The largest absolute Gasteiger partial charge is 0.434 e. The van der Waals surface area contributed by atoms with Crippen molar-refractivity contribution in [2.75, 3.05) is 11.9 Å². The fourth-order valence-electron chi connectivity index (χ4n) is 1.98. The predicted octanol–water partition coefficient (Wildman–Crippen LogP) is 3.54. The number of anilines is 1. The minimum Gasteiger partial charge on any atom is -0.434 e. The van der Waals surface area contributed by atoms with E-state index >= 15 is 0 Å². The normalized spacial score (nSPS) is 12.2. The molecule has 2 aromatic carbocycles. The summed E-state index contributed by atoms with van der Waals surface area (Å²) in [6.45, 7) is -2.74. The van der Waals surface area contributed by atoms with Crippen molar-refractivity contribution >= 4 is 5.69 Å². The Labute approximate surface area is 120 Å². The van der Waals surface area contributed by atoms with Crippen LogP contribution in [-0.2, 0) is 0 Å². The van der Waals surface area contributed by atoms with Gasteiger partial charge in [0.1, 0.15) is 11.6 Å². The molecule has 2 rings (SSSR count). The Morgan fingerprint density at radius 2 is 1.71 bits per heavy atom. The molecule has 0 heterocycles. The van der Waals surface area contributed by atoms with Crippen LogP contribution in [0.25, 0.3) is 0 Å². The summed E-state index contributed by atoms with van der Waals surface area (Å²) in [5.74, 6) is -0.288. The van der Waals surface area contributed by atoms with E-state index < -0.39 is 12.7 Å². The highest BCUT2D eigenvalue weighted by Gasteiger charge is 2.17. The monoisotopic (exact) mass is 296 g/mol. The van der Waals surface area contributed by atoms with E-state index in [1.807, 2.05) is 0 Å². The van der Waals surface area contributed by atoms with E-state index in [2.05, 4.69) is 10.1 Å². The first-order valence-electron chi connectivity index (χ1n) is 6.36. The van der Waals surface area contributed by atoms with Gasteiger partial charge in [-0.3, -0.25) is 0 Å². The van der Waals surface area contributed by atoms with Gasteiger partial charge in [0.25, 0.3) is 0 Å². The Hall–Kier alpha value is -2.21. The highest BCUT2D eigenvalue weighted by molar-refractivity contribution is 5.48. The molecule has 0 aliphatic rings. The number of halogens is 3. The Morgan fingerprint density at radius 1 is 1.05 bits per heavy atom. The van der Waals surface area contributed by atoms with Crippen LogP contribution in [0.1, 0.15) is 11.6 Å². The molecule has 2 aromatic rings. The third-order valence-corrected chi connectivity index (χ3v) is 2.93. The van der Waals surface area contributed by atoms with Crippen LogP contribution in [0, 0.1) is 5.82 Å². The lowest BCUT2D eigenvalue weighted by Gasteiger charge is -2.21. The molecule has 0 radical (unpaired) electrons. The molecule has 3 nitrogen and oxygen atoms in total. The second-order valence-corrected chi connectivity index (χ2v) is 4.36. The maximum absolute atomic E-state index is 12.9. The molecular formula is C15H15F3N2O. The third-order valence-electron chi connectivity index (χ3n) is 2.93. The highest BCUT2D eigenvalue weighted by Crippen LogP contribution is 2.28. The van der Waals surface area contributed by atoms with Gasteiger partial charge in [-0.25, -0.2) is 4.39 Å². The number of para-hydroxylation sites is 1. The number of benzene rings is 2. The second kappa shape index (κ2) is 6.99. The molecule has 0 amide bonds. The molecule has 0 fully saturated rings. The van der Waals surface area contributed by atoms with Crippen molar-refractivity contribution in [3.8, 4) is 5.75 Å². The van der Waals surface area contributed by atoms with Crippen molar-refractivity contribution in [1.82, 2.24) is 0 Å². The molecule has 21 heavy (non-hydrogen) atoms. The number of hydrogen-bond donors (Lipinski definition) is 2. The number of alkyl halides is 2. The zero-order valence-electron chi connectivity index (χ0n) is 11.1. The molecule has 6 heteroatoms. The van der Waals surface area contributed by atoms with Crippen molar-refractivity contribution in [3.05, 3.63) is 59.9 Å². The molecule has 0 aliphatic carbocycles. The first kappa shape index (κ1) is 15.2. The summed E-state index contributed by atoms with van der Waals surface area (Å²) >= 11 is 0. The average molecular weight is 296 g/mol. The molecule has 0 saturated heterocycles. The van der Waals surface area contributed by atoms with Crippen molar-refractivity contribution in [3.63, 3.8) is 0 Å². The SMILES string of the molecule is NCC(Nc1ccc(F)cc1)c1ccccc1OC(F)F. The average Bonchev–Trinajstić information content (AvgIpc) is 2.47. The molecular weight excluding hydrogens is 281 g/mol. The van der Waals surface area contributed by atoms with Gasteiger partial charge in [0, 0.05) is 17.8 Å². The number of nitrogens with two attached hydrogens (primary N) is 1. The van der Waals surface area contributed by atoms with Gasteiger partial charge in [-0.1, -0.05) is 18.2 Å². The van der Waals surface area contributed by atoms with E-state index in [4.69, 9.17) is 5.73 Å². The smallest absolute Gasteiger partial charge is 0.387 e. The van der Waals surface area contributed by atoms with Crippen LogP contribution in [-0.4, -0.2) is 13.2 Å². The minimum absolute atomic E-state index is 0.0672. The maximum atomic E-state index is 12.9. The summed E-state index contributed by atoms with van der Waals surface area (Å²) in [5, 5.41) is 3.07. The fourth-order valence-corrected chi connectivity index (χ4v) is 1.98. The number of hydrogen-bond acceptors (Lipinski definition) is 3. The standard InChI is InChI=1S/C15H15F3N2O/c16-10-5-7-11(8-6-10)20-13(9-19)12-3-1-2-4-14(12)21-15(17)18/h1-8,13,15,20H,9,19H2. The predicted molar refractivity (Wildman–Crippen MR) is 74.9 cm³/mol. The van der Waals surface area contributed by atoms with E-state index in [0.717, 1.165) is 0 Å². The van der Waals surface area contributed by atoms with Gasteiger partial charge in [-0.05, 0) is 30.3 Å². The highest BCUT2D eigenvalue weighted by atomic mass is 19.3.